The lowest BCUT2D eigenvalue weighted by atomic mass is 10.1. The molecule has 0 bridgehead atoms. The zero-order chi connectivity index (χ0) is 14.7. The molecule has 2 rings (SSSR count). The second-order valence-electron chi connectivity index (χ2n) is 4.93. The molecule has 0 spiro atoms. The number of pyridine rings is 1. The average Bonchev–Trinajstić information content (AvgIpc) is 2.80. The molecule has 2 aromatic rings. The maximum absolute atomic E-state index is 12.3. The normalized spacial score (nSPS) is 12.2. The van der Waals surface area contributed by atoms with E-state index < -0.39 is 0 Å². The number of H-pyrrole nitrogens is 1. The zero-order valence-corrected chi connectivity index (χ0v) is 12.3. The van der Waals surface area contributed by atoms with Gasteiger partial charge in [-0.15, -0.1) is 0 Å². The largest absolute Gasteiger partial charge is 0.343 e. The summed E-state index contributed by atoms with van der Waals surface area (Å²) in [4.78, 5) is 16.6. The fourth-order valence-corrected chi connectivity index (χ4v) is 2.28. The predicted octanol–water partition coefficient (Wildman–Crippen LogP) is 2.47. The van der Waals surface area contributed by atoms with E-state index in [0.717, 1.165) is 28.9 Å². The molecule has 0 aromatic carbocycles. The molecule has 0 saturated heterocycles. The van der Waals surface area contributed by atoms with Crippen molar-refractivity contribution in [3.05, 3.63) is 46.5 Å². The van der Waals surface area contributed by atoms with E-state index in [4.69, 9.17) is 0 Å². The van der Waals surface area contributed by atoms with E-state index in [9.17, 15) is 4.79 Å². The van der Waals surface area contributed by atoms with Crippen LogP contribution < -0.4 is 5.32 Å². The van der Waals surface area contributed by atoms with E-state index in [-0.39, 0.29) is 11.9 Å². The molecule has 20 heavy (non-hydrogen) atoms. The number of hydrogen-bond donors (Lipinski definition) is 2. The van der Waals surface area contributed by atoms with Crippen LogP contribution in [0.4, 0.5) is 0 Å². The summed E-state index contributed by atoms with van der Waals surface area (Å²) < 4.78 is 0. The van der Waals surface area contributed by atoms with Gasteiger partial charge in [0.25, 0.3) is 5.91 Å². The van der Waals surface area contributed by atoms with Crippen LogP contribution in [0.15, 0.2) is 18.3 Å². The fraction of sp³-hybridized carbons (Fsp3) is 0.400. The molecule has 1 amide bonds. The molecule has 0 aliphatic carbocycles. The van der Waals surface area contributed by atoms with Crippen molar-refractivity contribution < 1.29 is 4.79 Å². The first-order chi connectivity index (χ1) is 9.54. The van der Waals surface area contributed by atoms with Gasteiger partial charge in [0, 0.05) is 17.5 Å². The van der Waals surface area contributed by atoms with Gasteiger partial charge in [-0.05, 0) is 38.8 Å². The van der Waals surface area contributed by atoms with Crippen molar-refractivity contribution in [2.75, 3.05) is 0 Å². The number of nitrogens with one attached hydrogen (secondary N) is 2. The van der Waals surface area contributed by atoms with E-state index in [1.807, 2.05) is 39.8 Å². The van der Waals surface area contributed by atoms with Crippen LogP contribution in [0.25, 0.3) is 0 Å². The summed E-state index contributed by atoms with van der Waals surface area (Å²) in [7, 11) is 0. The molecular formula is C15H20N4O. The van der Waals surface area contributed by atoms with Crippen molar-refractivity contribution in [3.8, 4) is 0 Å². The summed E-state index contributed by atoms with van der Waals surface area (Å²) in [6, 6.07) is 3.73. The molecule has 0 saturated carbocycles. The molecule has 2 N–H and O–H groups in total. The van der Waals surface area contributed by atoms with Gasteiger partial charge < -0.3 is 5.32 Å². The van der Waals surface area contributed by atoms with E-state index in [1.165, 1.54) is 0 Å². The third-order valence-corrected chi connectivity index (χ3v) is 3.49. The summed E-state index contributed by atoms with van der Waals surface area (Å²) >= 11 is 0. The van der Waals surface area contributed by atoms with Crippen molar-refractivity contribution in [2.24, 2.45) is 0 Å². The highest BCUT2D eigenvalue weighted by Crippen LogP contribution is 2.16. The van der Waals surface area contributed by atoms with Gasteiger partial charge in [-0.25, -0.2) is 0 Å². The summed E-state index contributed by atoms with van der Waals surface area (Å²) in [5.74, 6) is -0.170. The number of carbonyl (C=O) groups excluding carboxylic acids is 1. The molecule has 0 aliphatic heterocycles. The summed E-state index contributed by atoms with van der Waals surface area (Å²) in [5.41, 5.74) is 4.31. The van der Waals surface area contributed by atoms with Crippen LogP contribution in [0.3, 0.4) is 0 Å². The molecule has 5 nitrogen and oxygen atoms in total. The third kappa shape index (κ3) is 2.71. The second-order valence-corrected chi connectivity index (χ2v) is 4.93. The highest BCUT2D eigenvalue weighted by atomic mass is 16.2. The Balaban J connectivity index is 2.15. The van der Waals surface area contributed by atoms with Crippen LogP contribution in [-0.4, -0.2) is 21.1 Å². The number of hydrogen-bond acceptors (Lipinski definition) is 3. The van der Waals surface area contributed by atoms with Crippen LogP contribution in [0.2, 0.25) is 0 Å². The number of aryl methyl sites for hydroxylation is 2. The van der Waals surface area contributed by atoms with Gasteiger partial charge in [0.1, 0.15) is 0 Å². The van der Waals surface area contributed by atoms with Crippen molar-refractivity contribution in [3.63, 3.8) is 0 Å². The maximum atomic E-state index is 12.3. The molecule has 0 unspecified atom stereocenters. The minimum absolute atomic E-state index is 0.148. The average molecular weight is 272 g/mol. The number of aromatic nitrogens is 3. The standard InChI is InChI=1S/C15H20N4O/c1-5-12-10(3)14(19-18-12)15(20)17-11(4)13-9(2)7-6-8-16-13/h6-8,11H,5H2,1-4H3,(H,17,20)(H,18,19)/t11-/m0/s1. The van der Waals surface area contributed by atoms with Crippen molar-refractivity contribution in [2.45, 2.75) is 40.2 Å². The smallest absolute Gasteiger partial charge is 0.272 e. The SMILES string of the molecule is CCc1[nH]nc(C(=O)N[C@@H](C)c2ncccc2C)c1C. The third-order valence-electron chi connectivity index (χ3n) is 3.49. The highest BCUT2D eigenvalue weighted by Gasteiger charge is 2.19. The lowest BCUT2D eigenvalue weighted by Crippen LogP contribution is -2.28. The highest BCUT2D eigenvalue weighted by molar-refractivity contribution is 5.94. The molecule has 0 aliphatic rings. The lowest BCUT2D eigenvalue weighted by molar-refractivity contribution is 0.0933. The Bertz CT molecular complexity index is 618. The lowest BCUT2D eigenvalue weighted by Gasteiger charge is -2.14. The van der Waals surface area contributed by atoms with Gasteiger partial charge in [-0.1, -0.05) is 13.0 Å². The van der Waals surface area contributed by atoms with Gasteiger partial charge in [0.15, 0.2) is 5.69 Å². The predicted molar refractivity (Wildman–Crippen MR) is 77.6 cm³/mol. The monoisotopic (exact) mass is 272 g/mol. The van der Waals surface area contributed by atoms with Crippen LogP contribution in [-0.2, 0) is 6.42 Å². The number of aromatic amines is 1. The molecule has 2 aromatic heterocycles. The van der Waals surface area contributed by atoms with Crippen LogP contribution in [0, 0.1) is 13.8 Å². The van der Waals surface area contributed by atoms with E-state index in [0.29, 0.717) is 5.69 Å². The van der Waals surface area contributed by atoms with Crippen LogP contribution in [0.5, 0.6) is 0 Å². The van der Waals surface area contributed by atoms with Gasteiger partial charge in [-0.2, -0.15) is 5.10 Å². The zero-order valence-electron chi connectivity index (χ0n) is 12.3. The molecule has 0 radical (unpaired) electrons. The first-order valence-corrected chi connectivity index (χ1v) is 6.80. The van der Waals surface area contributed by atoms with Gasteiger partial charge in [-0.3, -0.25) is 14.9 Å². The van der Waals surface area contributed by atoms with Crippen LogP contribution in [0.1, 0.15) is 52.9 Å². The van der Waals surface area contributed by atoms with Gasteiger partial charge in [0.2, 0.25) is 0 Å². The van der Waals surface area contributed by atoms with Crippen molar-refractivity contribution in [1.82, 2.24) is 20.5 Å². The molecule has 1 atom stereocenters. The summed E-state index contributed by atoms with van der Waals surface area (Å²) in [6.07, 6.45) is 2.57. The molecule has 106 valence electrons. The van der Waals surface area contributed by atoms with Crippen LogP contribution >= 0.6 is 0 Å². The minimum atomic E-state index is -0.170. The van der Waals surface area contributed by atoms with E-state index in [2.05, 4.69) is 20.5 Å². The Hall–Kier alpha value is -2.17. The number of rotatable bonds is 4. The number of carbonyl (C=O) groups is 1. The van der Waals surface area contributed by atoms with Gasteiger partial charge in [0.05, 0.1) is 11.7 Å². The molecular weight excluding hydrogens is 252 g/mol. The number of nitrogens with zero attached hydrogens (tertiary/aromatic N) is 2. The van der Waals surface area contributed by atoms with Crippen molar-refractivity contribution >= 4 is 5.91 Å². The van der Waals surface area contributed by atoms with Gasteiger partial charge >= 0.3 is 0 Å². The first-order valence-electron chi connectivity index (χ1n) is 6.80. The Kier molecular flexibility index (Phi) is 4.17. The van der Waals surface area contributed by atoms with Crippen molar-refractivity contribution in [1.29, 1.82) is 0 Å². The minimum Gasteiger partial charge on any atom is -0.343 e. The first kappa shape index (κ1) is 14.2. The quantitative estimate of drug-likeness (QED) is 0.898. The Morgan fingerprint density at radius 2 is 2.20 bits per heavy atom. The van der Waals surface area contributed by atoms with E-state index in [1.54, 1.807) is 6.20 Å². The number of amides is 1. The molecule has 0 fully saturated rings. The second kappa shape index (κ2) is 5.86. The van der Waals surface area contributed by atoms with E-state index >= 15 is 0 Å². The maximum Gasteiger partial charge on any atom is 0.272 e. The Morgan fingerprint density at radius 3 is 2.80 bits per heavy atom. The summed E-state index contributed by atoms with van der Waals surface area (Å²) in [6.45, 7) is 7.85. The Labute approximate surface area is 118 Å². The Morgan fingerprint density at radius 1 is 1.45 bits per heavy atom. The topological polar surface area (TPSA) is 70.7 Å². The summed E-state index contributed by atoms with van der Waals surface area (Å²) in [5, 5.41) is 9.95. The fourth-order valence-electron chi connectivity index (χ4n) is 2.28. The molecule has 5 heteroatoms. The molecule has 2 heterocycles.